The first-order valence-electron chi connectivity index (χ1n) is 9.91. The SMILES string of the molecule is O=C(CCN1CCN(CCC(=O)ON2C(=O)CCC2=O)CC1)ON1C(=O)CCC1=O. The molecular formula is C18H24N4O8. The van der Waals surface area contributed by atoms with Crippen molar-refractivity contribution in [1.82, 2.24) is 19.9 Å². The predicted molar refractivity (Wildman–Crippen MR) is 96.5 cm³/mol. The average Bonchev–Trinajstić information content (AvgIpc) is 3.21. The second-order valence-corrected chi connectivity index (χ2v) is 7.27. The van der Waals surface area contributed by atoms with Gasteiger partial charge in [0, 0.05) is 65.0 Å². The van der Waals surface area contributed by atoms with Crippen LogP contribution in [0.15, 0.2) is 0 Å². The summed E-state index contributed by atoms with van der Waals surface area (Å²) in [5.41, 5.74) is 0. The van der Waals surface area contributed by atoms with Crippen molar-refractivity contribution in [3.05, 3.63) is 0 Å². The predicted octanol–water partition coefficient (Wildman–Crippen LogP) is -1.40. The van der Waals surface area contributed by atoms with Crippen molar-refractivity contribution in [3.63, 3.8) is 0 Å². The van der Waals surface area contributed by atoms with Gasteiger partial charge in [-0.25, -0.2) is 9.59 Å². The van der Waals surface area contributed by atoms with E-state index in [9.17, 15) is 28.8 Å². The number of hydroxylamine groups is 4. The van der Waals surface area contributed by atoms with Gasteiger partial charge in [-0.2, -0.15) is 0 Å². The number of carbonyl (C=O) groups excluding carboxylic acids is 6. The molecule has 0 aromatic rings. The molecule has 4 amide bonds. The van der Waals surface area contributed by atoms with Crippen LogP contribution in [0.25, 0.3) is 0 Å². The van der Waals surface area contributed by atoms with E-state index in [1.165, 1.54) is 0 Å². The summed E-state index contributed by atoms with van der Waals surface area (Å²) in [6.07, 6.45) is 0.361. The summed E-state index contributed by atoms with van der Waals surface area (Å²) < 4.78 is 0. The van der Waals surface area contributed by atoms with Gasteiger partial charge < -0.3 is 19.5 Å². The number of imide groups is 2. The van der Waals surface area contributed by atoms with Crippen molar-refractivity contribution >= 4 is 35.6 Å². The fourth-order valence-corrected chi connectivity index (χ4v) is 3.35. The van der Waals surface area contributed by atoms with Crippen molar-refractivity contribution in [2.45, 2.75) is 38.5 Å². The molecule has 3 rings (SSSR count). The van der Waals surface area contributed by atoms with E-state index < -0.39 is 35.6 Å². The Morgan fingerprint density at radius 3 is 1.20 bits per heavy atom. The number of amides is 4. The molecule has 0 radical (unpaired) electrons. The molecule has 0 unspecified atom stereocenters. The molecule has 0 saturated carbocycles. The minimum atomic E-state index is -0.630. The fraction of sp³-hybridized carbons (Fsp3) is 0.667. The van der Waals surface area contributed by atoms with E-state index in [4.69, 9.17) is 9.68 Å². The van der Waals surface area contributed by atoms with E-state index in [0.29, 0.717) is 49.4 Å². The summed E-state index contributed by atoms with van der Waals surface area (Å²) in [7, 11) is 0. The lowest BCUT2D eigenvalue weighted by Crippen LogP contribution is -2.47. The molecule has 0 aromatic carbocycles. The van der Waals surface area contributed by atoms with Gasteiger partial charge in [-0.15, -0.1) is 10.1 Å². The maximum absolute atomic E-state index is 11.9. The van der Waals surface area contributed by atoms with Gasteiger partial charge in [-0.3, -0.25) is 19.2 Å². The zero-order chi connectivity index (χ0) is 21.7. The van der Waals surface area contributed by atoms with Crippen LogP contribution in [-0.2, 0) is 38.4 Å². The molecule has 0 spiro atoms. The molecule has 12 nitrogen and oxygen atoms in total. The Morgan fingerprint density at radius 1 is 0.600 bits per heavy atom. The first-order valence-corrected chi connectivity index (χ1v) is 9.91. The third-order valence-electron chi connectivity index (χ3n) is 5.13. The Balaban J connectivity index is 1.29. The smallest absolute Gasteiger partial charge is 0.330 e. The summed E-state index contributed by atoms with van der Waals surface area (Å²) in [5, 5.41) is 1.09. The molecule has 3 fully saturated rings. The van der Waals surface area contributed by atoms with Gasteiger partial charge >= 0.3 is 11.9 Å². The second kappa shape index (κ2) is 9.76. The summed E-state index contributed by atoms with van der Waals surface area (Å²) in [5.74, 6) is -3.26. The monoisotopic (exact) mass is 424 g/mol. The average molecular weight is 424 g/mol. The highest BCUT2D eigenvalue weighted by Crippen LogP contribution is 2.14. The summed E-state index contributed by atoms with van der Waals surface area (Å²) in [6.45, 7) is 3.56. The second-order valence-electron chi connectivity index (χ2n) is 7.27. The first kappa shape index (κ1) is 21.8. The molecule has 3 heterocycles. The Labute approximate surface area is 172 Å². The molecule has 3 aliphatic heterocycles. The van der Waals surface area contributed by atoms with Crippen LogP contribution in [-0.4, -0.2) is 94.8 Å². The highest BCUT2D eigenvalue weighted by molar-refractivity contribution is 6.02. The molecule has 0 N–H and O–H groups in total. The largest absolute Gasteiger partial charge is 0.334 e. The molecule has 12 heteroatoms. The lowest BCUT2D eigenvalue weighted by molar-refractivity contribution is -0.197. The van der Waals surface area contributed by atoms with Crippen LogP contribution in [0.3, 0.4) is 0 Å². The third-order valence-corrected chi connectivity index (χ3v) is 5.13. The van der Waals surface area contributed by atoms with Crippen LogP contribution in [0.1, 0.15) is 38.5 Å². The van der Waals surface area contributed by atoms with Gasteiger partial charge in [0.05, 0.1) is 12.8 Å². The lowest BCUT2D eigenvalue weighted by atomic mass is 10.2. The lowest BCUT2D eigenvalue weighted by Gasteiger charge is -2.34. The van der Waals surface area contributed by atoms with Gasteiger partial charge in [-0.05, 0) is 0 Å². The van der Waals surface area contributed by atoms with Crippen LogP contribution in [0.5, 0.6) is 0 Å². The van der Waals surface area contributed by atoms with Crippen molar-refractivity contribution in [1.29, 1.82) is 0 Å². The first-order chi connectivity index (χ1) is 14.3. The van der Waals surface area contributed by atoms with Crippen LogP contribution in [0.2, 0.25) is 0 Å². The number of piperazine rings is 1. The van der Waals surface area contributed by atoms with Gasteiger partial charge in [0.1, 0.15) is 0 Å². The van der Waals surface area contributed by atoms with Gasteiger partial charge in [0.25, 0.3) is 23.6 Å². The van der Waals surface area contributed by atoms with E-state index in [-0.39, 0.29) is 38.5 Å². The van der Waals surface area contributed by atoms with Gasteiger partial charge in [0.2, 0.25) is 0 Å². The highest BCUT2D eigenvalue weighted by Gasteiger charge is 2.34. The van der Waals surface area contributed by atoms with Crippen LogP contribution >= 0.6 is 0 Å². The molecule has 30 heavy (non-hydrogen) atoms. The Hall–Kier alpha value is -2.86. The normalized spacial score (nSPS) is 20.9. The van der Waals surface area contributed by atoms with Gasteiger partial charge in [-0.1, -0.05) is 0 Å². The Morgan fingerprint density at radius 2 is 0.900 bits per heavy atom. The summed E-state index contributed by atoms with van der Waals surface area (Å²) in [6, 6.07) is 0. The van der Waals surface area contributed by atoms with Crippen molar-refractivity contribution in [3.8, 4) is 0 Å². The Kier molecular flexibility index (Phi) is 7.11. The molecule has 0 atom stereocenters. The molecule has 0 aromatic heterocycles. The molecule has 3 saturated heterocycles. The topological polar surface area (TPSA) is 134 Å². The zero-order valence-electron chi connectivity index (χ0n) is 16.5. The number of carbonyl (C=O) groups is 6. The number of rotatable bonds is 8. The quantitative estimate of drug-likeness (QED) is 0.428. The maximum Gasteiger partial charge on any atom is 0.334 e. The van der Waals surface area contributed by atoms with Crippen molar-refractivity contribution in [2.24, 2.45) is 0 Å². The third kappa shape index (κ3) is 5.60. The van der Waals surface area contributed by atoms with E-state index in [1.807, 2.05) is 9.80 Å². The minimum Gasteiger partial charge on any atom is -0.330 e. The summed E-state index contributed by atoms with van der Waals surface area (Å²) in [4.78, 5) is 83.3. The molecule has 164 valence electrons. The van der Waals surface area contributed by atoms with E-state index in [0.717, 1.165) is 0 Å². The molecule has 3 aliphatic rings. The highest BCUT2D eigenvalue weighted by atomic mass is 16.7. The number of nitrogens with zero attached hydrogens (tertiary/aromatic N) is 4. The minimum absolute atomic E-state index is 0.0568. The van der Waals surface area contributed by atoms with E-state index >= 15 is 0 Å². The summed E-state index contributed by atoms with van der Waals surface area (Å²) >= 11 is 0. The Bertz CT molecular complexity index is 652. The molecule has 0 aliphatic carbocycles. The van der Waals surface area contributed by atoms with E-state index in [2.05, 4.69) is 0 Å². The zero-order valence-corrected chi connectivity index (χ0v) is 16.5. The van der Waals surface area contributed by atoms with E-state index in [1.54, 1.807) is 0 Å². The number of hydrogen-bond donors (Lipinski definition) is 0. The maximum atomic E-state index is 11.9. The van der Waals surface area contributed by atoms with Crippen LogP contribution < -0.4 is 0 Å². The fourth-order valence-electron chi connectivity index (χ4n) is 3.35. The van der Waals surface area contributed by atoms with Crippen LogP contribution in [0.4, 0.5) is 0 Å². The molecular weight excluding hydrogens is 400 g/mol. The number of hydrogen-bond acceptors (Lipinski definition) is 10. The van der Waals surface area contributed by atoms with Crippen molar-refractivity contribution in [2.75, 3.05) is 39.3 Å². The van der Waals surface area contributed by atoms with Gasteiger partial charge in [0.15, 0.2) is 0 Å². The van der Waals surface area contributed by atoms with Crippen molar-refractivity contribution < 1.29 is 38.4 Å². The molecule has 0 bridgehead atoms. The van der Waals surface area contributed by atoms with Crippen LogP contribution in [0, 0.1) is 0 Å². The standard InChI is InChI=1S/C18H24N4O8/c23-13-1-2-14(24)21(13)29-17(27)5-7-19-9-11-20(12-10-19)8-6-18(28)30-22-15(25)3-4-16(22)26/h1-12H2.